The molecule has 22 heavy (non-hydrogen) atoms. The molecule has 1 aliphatic heterocycles. The van der Waals surface area contributed by atoms with E-state index in [9.17, 15) is 4.79 Å². The Labute approximate surface area is 131 Å². The zero-order chi connectivity index (χ0) is 15.9. The van der Waals surface area contributed by atoms with Crippen LogP contribution in [0.25, 0.3) is 0 Å². The van der Waals surface area contributed by atoms with Crippen LogP contribution in [0.4, 0.5) is 5.69 Å². The number of hydrogen-bond donors (Lipinski definition) is 1. The van der Waals surface area contributed by atoms with Gasteiger partial charge in [-0.1, -0.05) is 18.2 Å². The topological polar surface area (TPSA) is 58.7 Å². The zero-order valence-electron chi connectivity index (χ0n) is 12.8. The van der Waals surface area contributed by atoms with Gasteiger partial charge in [0, 0.05) is 31.1 Å². The highest BCUT2D eigenvalue weighted by molar-refractivity contribution is 5.88. The molecule has 4 nitrogen and oxygen atoms in total. The molecule has 114 valence electrons. The van der Waals surface area contributed by atoms with Crippen molar-refractivity contribution in [1.29, 1.82) is 0 Å². The molecule has 0 aliphatic carbocycles. The first-order valence-electron chi connectivity index (χ1n) is 7.27. The first-order valence-corrected chi connectivity index (χ1v) is 7.27. The van der Waals surface area contributed by atoms with Crippen LogP contribution in [0.15, 0.2) is 59.3 Å². The van der Waals surface area contributed by atoms with E-state index < -0.39 is 0 Å². The third-order valence-corrected chi connectivity index (χ3v) is 3.57. The molecule has 2 rings (SSSR count). The summed E-state index contributed by atoms with van der Waals surface area (Å²) in [6, 6.07) is 5.91. The SMILES string of the molecule is C=N/C=C(\C=C/C)/C=C/C(=O)N1CCc2ccc(N)cc2C1. The number of carbonyl (C=O) groups is 1. The summed E-state index contributed by atoms with van der Waals surface area (Å²) in [5.74, 6) is -0.00691. The molecule has 1 amide bonds. The van der Waals surface area contributed by atoms with Crippen LogP contribution in [-0.4, -0.2) is 24.1 Å². The molecule has 1 aromatic rings. The number of carbonyl (C=O) groups excluding carboxylic acids is 1. The highest BCUT2D eigenvalue weighted by Crippen LogP contribution is 2.21. The molecule has 1 heterocycles. The van der Waals surface area contributed by atoms with E-state index in [1.165, 1.54) is 5.56 Å². The minimum Gasteiger partial charge on any atom is -0.399 e. The van der Waals surface area contributed by atoms with E-state index in [2.05, 4.69) is 11.7 Å². The van der Waals surface area contributed by atoms with Gasteiger partial charge in [-0.3, -0.25) is 9.79 Å². The Kier molecular flexibility index (Phi) is 5.31. The van der Waals surface area contributed by atoms with Crippen LogP contribution in [0.2, 0.25) is 0 Å². The number of nitrogens with zero attached hydrogens (tertiary/aromatic N) is 2. The van der Waals surface area contributed by atoms with E-state index in [0.29, 0.717) is 6.54 Å². The van der Waals surface area contributed by atoms with Gasteiger partial charge in [0.05, 0.1) is 0 Å². The number of amides is 1. The molecule has 0 radical (unpaired) electrons. The van der Waals surface area contributed by atoms with Crippen molar-refractivity contribution in [1.82, 2.24) is 4.90 Å². The third-order valence-electron chi connectivity index (χ3n) is 3.57. The number of allylic oxidation sites excluding steroid dienone is 4. The van der Waals surface area contributed by atoms with Gasteiger partial charge < -0.3 is 10.6 Å². The van der Waals surface area contributed by atoms with E-state index >= 15 is 0 Å². The second kappa shape index (κ2) is 7.41. The maximum atomic E-state index is 12.3. The lowest BCUT2D eigenvalue weighted by Gasteiger charge is -2.28. The number of nitrogen functional groups attached to an aromatic ring is 1. The van der Waals surface area contributed by atoms with Crippen molar-refractivity contribution in [2.45, 2.75) is 19.9 Å². The van der Waals surface area contributed by atoms with Crippen LogP contribution < -0.4 is 5.73 Å². The van der Waals surface area contributed by atoms with Crippen molar-refractivity contribution in [2.75, 3.05) is 12.3 Å². The minimum absolute atomic E-state index is 0.00691. The molecule has 1 aliphatic rings. The van der Waals surface area contributed by atoms with Crippen LogP contribution in [0.5, 0.6) is 0 Å². The highest BCUT2D eigenvalue weighted by Gasteiger charge is 2.19. The van der Waals surface area contributed by atoms with Gasteiger partial charge in [-0.15, -0.1) is 0 Å². The molecule has 0 saturated heterocycles. The lowest BCUT2D eigenvalue weighted by Crippen LogP contribution is -2.34. The van der Waals surface area contributed by atoms with Gasteiger partial charge in [0.15, 0.2) is 0 Å². The van der Waals surface area contributed by atoms with Gasteiger partial charge in [0.2, 0.25) is 5.91 Å². The number of benzene rings is 1. The Hall–Kier alpha value is -2.62. The summed E-state index contributed by atoms with van der Waals surface area (Å²) in [5.41, 5.74) is 9.80. The molecule has 0 spiro atoms. The quantitative estimate of drug-likeness (QED) is 0.402. The average molecular weight is 295 g/mol. The lowest BCUT2D eigenvalue weighted by atomic mass is 9.99. The summed E-state index contributed by atoms with van der Waals surface area (Å²) >= 11 is 0. The summed E-state index contributed by atoms with van der Waals surface area (Å²) in [6.07, 6.45) is 9.59. The second-order valence-electron chi connectivity index (χ2n) is 5.18. The number of fused-ring (bicyclic) bond motifs is 1. The van der Waals surface area contributed by atoms with Crippen LogP contribution in [0.3, 0.4) is 0 Å². The molecule has 0 fully saturated rings. The van der Waals surface area contributed by atoms with Gasteiger partial charge in [-0.05, 0) is 55.0 Å². The number of aliphatic imine (C=N–C) groups is 1. The maximum Gasteiger partial charge on any atom is 0.246 e. The van der Waals surface area contributed by atoms with Gasteiger partial charge in [0.1, 0.15) is 0 Å². The Balaban J connectivity index is 2.08. The Morgan fingerprint density at radius 3 is 2.86 bits per heavy atom. The van der Waals surface area contributed by atoms with Gasteiger partial charge >= 0.3 is 0 Å². The summed E-state index contributed by atoms with van der Waals surface area (Å²) in [5, 5.41) is 0. The van der Waals surface area contributed by atoms with Gasteiger partial charge in [-0.25, -0.2) is 0 Å². The normalized spacial score (nSPS) is 15.3. The maximum absolute atomic E-state index is 12.3. The largest absolute Gasteiger partial charge is 0.399 e. The zero-order valence-corrected chi connectivity index (χ0v) is 12.8. The fourth-order valence-corrected chi connectivity index (χ4v) is 2.48. The molecule has 0 saturated carbocycles. The van der Waals surface area contributed by atoms with Crippen LogP contribution >= 0.6 is 0 Å². The molecular weight excluding hydrogens is 274 g/mol. The lowest BCUT2D eigenvalue weighted by molar-refractivity contribution is -0.126. The van der Waals surface area contributed by atoms with E-state index in [1.54, 1.807) is 18.4 Å². The van der Waals surface area contributed by atoms with Crippen LogP contribution in [0.1, 0.15) is 18.1 Å². The van der Waals surface area contributed by atoms with Gasteiger partial charge in [0.25, 0.3) is 0 Å². The first kappa shape index (κ1) is 15.8. The number of anilines is 1. The molecule has 0 aromatic heterocycles. The van der Waals surface area contributed by atoms with Crippen molar-refractivity contribution >= 4 is 18.3 Å². The van der Waals surface area contributed by atoms with E-state index in [-0.39, 0.29) is 5.91 Å². The van der Waals surface area contributed by atoms with Crippen molar-refractivity contribution < 1.29 is 4.79 Å². The summed E-state index contributed by atoms with van der Waals surface area (Å²) in [6.45, 7) is 6.67. The average Bonchev–Trinajstić information content (AvgIpc) is 2.52. The number of nitrogens with two attached hydrogens (primary N) is 1. The number of rotatable bonds is 4. The fourth-order valence-electron chi connectivity index (χ4n) is 2.48. The smallest absolute Gasteiger partial charge is 0.246 e. The molecule has 1 aromatic carbocycles. The molecule has 0 unspecified atom stereocenters. The predicted molar refractivity (Wildman–Crippen MR) is 91.6 cm³/mol. The molecule has 4 heteroatoms. The van der Waals surface area contributed by atoms with Crippen molar-refractivity contribution in [3.8, 4) is 0 Å². The summed E-state index contributed by atoms with van der Waals surface area (Å²) < 4.78 is 0. The number of hydrogen-bond acceptors (Lipinski definition) is 3. The molecular formula is C18H21N3O. The third kappa shape index (κ3) is 3.95. The van der Waals surface area contributed by atoms with Crippen LogP contribution in [-0.2, 0) is 17.8 Å². The second-order valence-corrected chi connectivity index (χ2v) is 5.18. The van der Waals surface area contributed by atoms with Crippen molar-refractivity contribution in [3.05, 3.63) is 65.4 Å². The van der Waals surface area contributed by atoms with Crippen LogP contribution in [0, 0.1) is 0 Å². The van der Waals surface area contributed by atoms with Gasteiger partial charge in [-0.2, -0.15) is 0 Å². The summed E-state index contributed by atoms with van der Waals surface area (Å²) in [4.78, 5) is 17.9. The van der Waals surface area contributed by atoms with E-state index in [4.69, 9.17) is 5.73 Å². The molecule has 0 atom stereocenters. The first-order chi connectivity index (χ1) is 10.6. The van der Waals surface area contributed by atoms with E-state index in [0.717, 1.165) is 29.8 Å². The van der Waals surface area contributed by atoms with E-state index in [1.807, 2.05) is 42.2 Å². The Morgan fingerprint density at radius 2 is 2.14 bits per heavy atom. The van der Waals surface area contributed by atoms with Crippen molar-refractivity contribution in [3.63, 3.8) is 0 Å². The Bertz CT molecular complexity index is 656. The highest BCUT2D eigenvalue weighted by atomic mass is 16.2. The molecule has 0 bridgehead atoms. The van der Waals surface area contributed by atoms with Crippen molar-refractivity contribution in [2.24, 2.45) is 4.99 Å². The predicted octanol–water partition coefficient (Wildman–Crippen LogP) is 2.87. The summed E-state index contributed by atoms with van der Waals surface area (Å²) in [7, 11) is 0. The Morgan fingerprint density at radius 1 is 1.32 bits per heavy atom. The molecule has 2 N–H and O–H groups in total. The fraction of sp³-hybridized carbons (Fsp3) is 0.222. The minimum atomic E-state index is -0.00691. The standard InChI is InChI=1S/C18H21N3O/c1-3-4-14(12-20-2)5-8-18(22)21-10-9-15-6-7-17(19)11-16(15)13-21/h3-8,11-12H,2,9-10,13,19H2,1H3/b4-3-,8-5+,14-12+. The monoisotopic (exact) mass is 295 g/mol.